The maximum atomic E-state index is 6.50. The first-order chi connectivity index (χ1) is 12.3. The van der Waals surface area contributed by atoms with Crippen LogP contribution in [-0.4, -0.2) is 17.1 Å². The molecule has 5 aromatic rings. The molecule has 4 heteroatoms. The summed E-state index contributed by atoms with van der Waals surface area (Å²) < 4.78 is 5.57. The van der Waals surface area contributed by atoms with Gasteiger partial charge in [-0.05, 0) is 18.2 Å². The summed E-state index contributed by atoms with van der Waals surface area (Å²) in [5, 5.41) is 6.76. The second-order valence-electron chi connectivity index (χ2n) is 5.97. The van der Waals surface area contributed by atoms with Gasteiger partial charge in [0.1, 0.15) is 5.15 Å². The van der Waals surface area contributed by atoms with Crippen molar-refractivity contribution in [1.29, 1.82) is 0 Å². The Morgan fingerprint density at radius 2 is 1.24 bits per heavy atom. The molecule has 0 saturated carbocycles. The van der Waals surface area contributed by atoms with Crippen LogP contribution in [0.5, 0.6) is 5.88 Å². The first-order valence-corrected chi connectivity index (χ1v) is 8.39. The van der Waals surface area contributed by atoms with Crippen molar-refractivity contribution < 1.29 is 4.74 Å². The Bertz CT molecular complexity index is 1300. The molecule has 0 bridgehead atoms. The van der Waals surface area contributed by atoms with Crippen LogP contribution in [0.4, 0.5) is 0 Å². The monoisotopic (exact) mass is 344 g/mol. The zero-order valence-electron chi connectivity index (χ0n) is 13.5. The average Bonchev–Trinajstić information content (AvgIpc) is 2.66. The largest absolute Gasteiger partial charge is 0.481 e. The third kappa shape index (κ3) is 1.99. The summed E-state index contributed by atoms with van der Waals surface area (Å²) in [5.74, 6) is 0.618. The molecule has 0 amide bonds. The van der Waals surface area contributed by atoms with Gasteiger partial charge in [0.2, 0.25) is 5.88 Å². The van der Waals surface area contributed by atoms with Gasteiger partial charge in [-0.2, -0.15) is 0 Å². The Morgan fingerprint density at radius 1 is 0.680 bits per heavy atom. The van der Waals surface area contributed by atoms with Crippen LogP contribution in [0.15, 0.2) is 60.7 Å². The molecule has 3 nitrogen and oxygen atoms in total. The zero-order valence-corrected chi connectivity index (χ0v) is 14.2. The van der Waals surface area contributed by atoms with E-state index in [1.165, 1.54) is 0 Å². The molecular weight excluding hydrogens is 332 g/mol. The minimum absolute atomic E-state index is 0.510. The van der Waals surface area contributed by atoms with Gasteiger partial charge in [-0.25, -0.2) is 9.97 Å². The molecule has 2 aromatic heterocycles. The van der Waals surface area contributed by atoms with E-state index in [4.69, 9.17) is 16.3 Å². The standard InChI is InChI=1S/C21H13ClN2O/c1-25-21-15-11-10-14-18(12-6-2-4-8-16(12)23-20(14)22)19(15)13-7-3-5-9-17(13)24-21/h2-11H,1H3. The smallest absolute Gasteiger partial charge is 0.221 e. The van der Waals surface area contributed by atoms with E-state index in [1.54, 1.807) is 7.11 Å². The molecule has 120 valence electrons. The molecule has 0 aliphatic carbocycles. The number of hydrogen-bond acceptors (Lipinski definition) is 3. The molecule has 0 aliphatic rings. The summed E-state index contributed by atoms with van der Waals surface area (Å²) in [6.07, 6.45) is 0. The van der Waals surface area contributed by atoms with Crippen molar-refractivity contribution in [2.24, 2.45) is 0 Å². The lowest BCUT2D eigenvalue weighted by atomic mass is 9.97. The molecule has 3 aromatic carbocycles. The van der Waals surface area contributed by atoms with Crippen molar-refractivity contribution >= 4 is 55.0 Å². The van der Waals surface area contributed by atoms with Crippen molar-refractivity contribution in [2.45, 2.75) is 0 Å². The lowest BCUT2D eigenvalue weighted by molar-refractivity contribution is 0.405. The maximum Gasteiger partial charge on any atom is 0.221 e. The Kier molecular flexibility index (Phi) is 3.06. The van der Waals surface area contributed by atoms with Crippen LogP contribution in [-0.2, 0) is 0 Å². The van der Waals surface area contributed by atoms with Crippen LogP contribution in [0.25, 0.3) is 43.4 Å². The van der Waals surface area contributed by atoms with Crippen molar-refractivity contribution in [1.82, 2.24) is 9.97 Å². The molecule has 0 saturated heterocycles. The van der Waals surface area contributed by atoms with Gasteiger partial charge < -0.3 is 4.74 Å². The lowest BCUT2D eigenvalue weighted by Crippen LogP contribution is -1.93. The predicted octanol–water partition coefficient (Wildman–Crippen LogP) is 5.75. The first kappa shape index (κ1) is 14.4. The zero-order chi connectivity index (χ0) is 17.0. The summed E-state index contributed by atoms with van der Waals surface area (Å²) in [5.41, 5.74) is 1.78. The van der Waals surface area contributed by atoms with Crippen LogP contribution in [0, 0.1) is 0 Å². The van der Waals surface area contributed by atoms with E-state index < -0.39 is 0 Å². The Labute approximate surface area is 148 Å². The van der Waals surface area contributed by atoms with Gasteiger partial charge in [0.05, 0.1) is 18.1 Å². The van der Waals surface area contributed by atoms with E-state index in [9.17, 15) is 0 Å². The number of fused-ring (bicyclic) bond motifs is 7. The number of methoxy groups -OCH3 is 1. The van der Waals surface area contributed by atoms with Gasteiger partial charge in [-0.15, -0.1) is 0 Å². The van der Waals surface area contributed by atoms with Gasteiger partial charge in [-0.3, -0.25) is 0 Å². The number of benzene rings is 3. The van der Waals surface area contributed by atoms with E-state index in [2.05, 4.69) is 22.1 Å². The molecule has 25 heavy (non-hydrogen) atoms. The van der Waals surface area contributed by atoms with Gasteiger partial charge in [0.25, 0.3) is 0 Å². The van der Waals surface area contributed by atoms with Gasteiger partial charge in [-0.1, -0.05) is 54.1 Å². The predicted molar refractivity (Wildman–Crippen MR) is 104 cm³/mol. The summed E-state index contributed by atoms with van der Waals surface area (Å²) in [4.78, 5) is 9.21. The molecule has 0 atom stereocenters. The molecule has 0 aliphatic heterocycles. The Hall–Kier alpha value is -2.91. The SMILES string of the molecule is COc1nc2ccccc2c2c1ccc1c(Cl)nc3ccccc3c12. The summed E-state index contributed by atoms with van der Waals surface area (Å²) >= 11 is 6.50. The average molecular weight is 345 g/mol. The van der Waals surface area contributed by atoms with E-state index in [1.807, 2.05) is 48.5 Å². The number of halogens is 1. The highest BCUT2D eigenvalue weighted by atomic mass is 35.5. The van der Waals surface area contributed by atoms with E-state index in [-0.39, 0.29) is 0 Å². The number of hydrogen-bond donors (Lipinski definition) is 0. The van der Waals surface area contributed by atoms with Crippen molar-refractivity contribution in [3.05, 3.63) is 65.8 Å². The second-order valence-corrected chi connectivity index (χ2v) is 6.33. The van der Waals surface area contributed by atoms with Crippen LogP contribution in [0.2, 0.25) is 5.15 Å². The fraction of sp³-hybridized carbons (Fsp3) is 0.0476. The quantitative estimate of drug-likeness (QED) is 0.287. The molecule has 0 radical (unpaired) electrons. The van der Waals surface area contributed by atoms with E-state index in [0.717, 1.165) is 43.4 Å². The number of pyridine rings is 2. The molecule has 5 rings (SSSR count). The van der Waals surface area contributed by atoms with Gasteiger partial charge in [0.15, 0.2) is 0 Å². The highest BCUT2D eigenvalue weighted by molar-refractivity contribution is 6.39. The highest BCUT2D eigenvalue weighted by Gasteiger charge is 2.15. The normalized spacial score (nSPS) is 11.6. The first-order valence-electron chi connectivity index (χ1n) is 8.01. The minimum atomic E-state index is 0.510. The second kappa shape index (κ2) is 5.30. The van der Waals surface area contributed by atoms with Gasteiger partial charge in [0, 0.05) is 32.3 Å². The molecule has 0 fully saturated rings. The summed E-state index contributed by atoms with van der Waals surface area (Å²) in [7, 11) is 1.65. The number of para-hydroxylation sites is 2. The molecule has 0 N–H and O–H groups in total. The molecule has 0 unspecified atom stereocenters. The highest BCUT2D eigenvalue weighted by Crippen LogP contribution is 2.40. The molecule has 0 spiro atoms. The summed E-state index contributed by atoms with van der Waals surface area (Å²) in [6, 6.07) is 20.2. The lowest BCUT2D eigenvalue weighted by Gasteiger charge is -2.13. The maximum absolute atomic E-state index is 6.50. The number of ether oxygens (including phenoxy) is 1. The third-order valence-electron chi connectivity index (χ3n) is 4.64. The fourth-order valence-electron chi connectivity index (χ4n) is 3.57. The number of aromatic nitrogens is 2. The van der Waals surface area contributed by atoms with Crippen LogP contribution in [0.1, 0.15) is 0 Å². The van der Waals surface area contributed by atoms with E-state index >= 15 is 0 Å². The van der Waals surface area contributed by atoms with Crippen molar-refractivity contribution in [3.63, 3.8) is 0 Å². The van der Waals surface area contributed by atoms with Crippen LogP contribution >= 0.6 is 11.6 Å². The van der Waals surface area contributed by atoms with Crippen molar-refractivity contribution in [2.75, 3.05) is 7.11 Å². The van der Waals surface area contributed by atoms with Crippen LogP contribution in [0.3, 0.4) is 0 Å². The Morgan fingerprint density at radius 3 is 1.92 bits per heavy atom. The van der Waals surface area contributed by atoms with Crippen molar-refractivity contribution in [3.8, 4) is 5.88 Å². The third-order valence-corrected chi connectivity index (χ3v) is 4.93. The van der Waals surface area contributed by atoms with E-state index in [0.29, 0.717) is 11.0 Å². The van der Waals surface area contributed by atoms with Gasteiger partial charge >= 0.3 is 0 Å². The fourth-order valence-corrected chi connectivity index (χ4v) is 3.82. The Balaban J connectivity index is 2.20. The molecular formula is C21H13ClN2O. The minimum Gasteiger partial charge on any atom is -0.481 e. The number of nitrogens with zero attached hydrogens (tertiary/aromatic N) is 2. The topological polar surface area (TPSA) is 35.0 Å². The van der Waals surface area contributed by atoms with Crippen LogP contribution < -0.4 is 4.74 Å². The number of rotatable bonds is 1. The summed E-state index contributed by atoms with van der Waals surface area (Å²) in [6.45, 7) is 0. The molecule has 2 heterocycles.